The van der Waals surface area contributed by atoms with E-state index in [-0.39, 0.29) is 0 Å². The molecule has 1 aliphatic rings. The minimum absolute atomic E-state index is 0.534. The molecule has 1 aliphatic heterocycles. The fraction of sp³-hybridized carbons (Fsp3) is 0.320. The Balaban J connectivity index is 1.24. The molecule has 150 valence electrons. The van der Waals surface area contributed by atoms with Crippen molar-refractivity contribution in [1.29, 1.82) is 0 Å². The number of hydrogen-bond donors (Lipinski definition) is 2. The van der Waals surface area contributed by atoms with Crippen molar-refractivity contribution in [2.24, 2.45) is 0 Å². The van der Waals surface area contributed by atoms with Gasteiger partial charge in [-0.2, -0.15) is 0 Å². The van der Waals surface area contributed by atoms with Gasteiger partial charge >= 0.3 is 0 Å². The van der Waals surface area contributed by atoms with Crippen LogP contribution in [0, 0.1) is 0 Å². The van der Waals surface area contributed by atoms with Crippen molar-refractivity contribution < 1.29 is 4.21 Å². The molecule has 2 N–H and O–H groups in total. The van der Waals surface area contributed by atoms with Crippen molar-refractivity contribution in [3.05, 3.63) is 78.0 Å². The SMILES string of the molecule is O=S=C(CCCCC1CC(c2ccccc2)=CCN1)Cc1c[nH]c2ccccc12. The molecule has 4 heteroatoms. The van der Waals surface area contributed by atoms with E-state index in [9.17, 15) is 4.21 Å². The molecule has 4 rings (SSSR count). The number of aromatic amines is 1. The summed E-state index contributed by atoms with van der Waals surface area (Å²) in [4.78, 5) is 4.35. The first kappa shape index (κ1) is 19.9. The van der Waals surface area contributed by atoms with Gasteiger partial charge < -0.3 is 10.3 Å². The number of rotatable bonds is 8. The number of benzene rings is 2. The second-order valence-corrected chi connectivity index (χ2v) is 8.55. The van der Waals surface area contributed by atoms with Crippen molar-refractivity contribution in [3.63, 3.8) is 0 Å². The Hall–Kier alpha value is -2.43. The summed E-state index contributed by atoms with van der Waals surface area (Å²) in [5.74, 6) is 0. The van der Waals surface area contributed by atoms with Crippen LogP contribution in [0.1, 0.15) is 43.2 Å². The molecule has 0 radical (unpaired) electrons. The highest BCUT2D eigenvalue weighted by atomic mass is 32.1. The molecule has 1 unspecified atom stereocenters. The Kier molecular flexibility index (Phi) is 6.75. The van der Waals surface area contributed by atoms with E-state index in [1.54, 1.807) is 0 Å². The highest BCUT2D eigenvalue weighted by Gasteiger charge is 2.15. The third-order valence-electron chi connectivity index (χ3n) is 5.80. The molecule has 29 heavy (non-hydrogen) atoms. The molecule has 0 bridgehead atoms. The monoisotopic (exact) mass is 404 g/mol. The van der Waals surface area contributed by atoms with Gasteiger partial charge in [-0.1, -0.05) is 61.0 Å². The Morgan fingerprint density at radius 1 is 1.03 bits per heavy atom. The van der Waals surface area contributed by atoms with Crippen LogP contribution < -0.4 is 5.32 Å². The molecule has 0 saturated heterocycles. The minimum Gasteiger partial charge on any atom is -0.361 e. The van der Waals surface area contributed by atoms with Crippen LogP contribution in [-0.4, -0.2) is 26.6 Å². The van der Waals surface area contributed by atoms with Crippen LogP contribution in [0.2, 0.25) is 0 Å². The van der Waals surface area contributed by atoms with E-state index in [1.165, 1.54) is 22.1 Å². The second kappa shape index (κ2) is 9.86. The molecule has 0 saturated carbocycles. The van der Waals surface area contributed by atoms with E-state index < -0.39 is 0 Å². The summed E-state index contributed by atoms with van der Waals surface area (Å²) < 4.78 is 11.6. The maximum Gasteiger partial charge on any atom is 0.0879 e. The van der Waals surface area contributed by atoms with Crippen LogP contribution in [-0.2, 0) is 17.7 Å². The number of aromatic nitrogens is 1. The van der Waals surface area contributed by atoms with Crippen LogP contribution in [0.15, 0.2) is 66.9 Å². The Morgan fingerprint density at radius 2 is 1.86 bits per heavy atom. The van der Waals surface area contributed by atoms with Crippen molar-refractivity contribution in [1.82, 2.24) is 10.3 Å². The first-order valence-electron chi connectivity index (χ1n) is 10.5. The van der Waals surface area contributed by atoms with E-state index in [2.05, 4.69) is 64.9 Å². The van der Waals surface area contributed by atoms with Crippen LogP contribution >= 0.6 is 0 Å². The lowest BCUT2D eigenvalue weighted by Crippen LogP contribution is -2.32. The minimum atomic E-state index is 0.534. The van der Waals surface area contributed by atoms with Gasteiger partial charge in [0, 0.05) is 41.0 Å². The number of fused-ring (bicyclic) bond motifs is 1. The average molecular weight is 405 g/mol. The van der Waals surface area contributed by atoms with Gasteiger partial charge in [-0.05, 0) is 48.4 Å². The zero-order valence-electron chi connectivity index (χ0n) is 16.7. The summed E-state index contributed by atoms with van der Waals surface area (Å²) in [7, 11) is 0. The highest BCUT2D eigenvalue weighted by Crippen LogP contribution is 2.24. The molecular weight excluding hydrogens is 376 g/mol. The normalized spacial score (nSPS) is 16.6. The second-order valence-electron chi connectivity index (χ2n) is 7.81. The van der Waals surface area contributed by atoms with Crippen molar-refractivity contribution in [3.8, 4) is 0 Å². The summed E-state index contributed by atoms with van der Waals surface area (Å²) >= 11 is 0.688. The van der Waals surface area contributed by atoms with Crippen LogP contribution in [0.4, 0.5) is 0 Å². The van der Waals surface area contributed by atoms with Crippen LogP contribution in [0.25, 0.3) is 16.5 Å². The van der Waals surface area contributed by atoms with Crippen molar-refractivity contribution in [2.75, 3.05) is 6.54 Å². The van der Waals surface area contributed by atoms with Gasteiger partial charge in [0.15, 0.2) is 0 Å². The molecule has 1 atom stereocenters. The van der Waals surface area contributed by atoms with E-state index in [4.69, 9.17) is 0 Å². The lowest BCUT2D eigenvalue weighted by Gasteiger charge is -2.24. The predicted molar refractivity (Wildman–Crippen MR) is 124 cm³/mol. The van der Waals surface area contributed by atoms with E-state index in [1.807, 2.05) is 12.3 Å². The molecule has 0 aliphatic carbocycles. The molecule has 3 aromatic rings. The van der Waals surface area contributed by atoms with Gasteiger partial charge in [0.2, 0.25) is 0 Å². The largest absolute Gasteiger partial charge is 0.361 e. The fourth-order valence-electron chi connectivity index (χ4n) is 4.22. The summed E-state index contributed by atoms with van der Waals surface area (Å²) in [5.41, 5.74) is 5.17. The average Bonchev–Trinajstić information content (AvgIpc) is 3.19. The third kappa shape index (κ3) is 5.14. The zero-order chi connectivity index (χ0) is 19.9. The van der Waals surface area contributed by atoms with Gasteiger partial charge in [-0.15, -0.1) is 0 Å². The molecule has 0 amide bonds. The molecule has 2 aromatic carbocycles. The molecule has 3 nitrogen and oxygen atoms in total. The fourth-order valence-corrected chi connectivity index (χ4v) is 4.67. The number of H-pyrrole nitrogens is 1. The van der Waals surface area contributed by atoms with Crippen LogP contribution in [0.3, 0.4) is 0 Å². The molecule has 2 heterocycles. The van der Waals surface area contributed by atoms with Gasteiger partial charge in [0.05, 0.1) is 11.3 Å². The summed E-state index contributed by atoms with van der Waals surface area (Å²) in [5, 5.41) is 4.85. The number of unbranched alkanes of at least 4 members (excludes halogenated alkanes) is 1. The van der Waals surface area contributed by atoms with Gasteiger partial charge in [0.25, 0.3) is 0 Å². The molecule has 0 fully saturated rings. The van der Waals surface area contributed by atoms with Gasteiger partial charge in [0.1, 0.15) is 0 Å². The van der Waals surface area contributed by atoms with Gasteiger partial charge in [-0.25, -0.2) is 4.21 Å². The third-order valence-corrected chi connectivity index (χ3v) is 6.39. The summed E-state index contributed by atoms with van der Waals surface area (Å²) in [6.45, 7) is 0.948. The van der Waals surface area contributed by atoms with Crippen molar-refractivity contribution >= 4 is 32.6 Å². The van der Waals surface area contributed by atoms with Crippen LogP contribution in [0.5, 0.6) is 0 Å². The quantitative estimate of drug-likeness (QED) is 0.405. The summed E-state index contributed by atoms with van der Waals surface area (Å²) in [6.07, 6.45) is 10.5. The Morgan fingerprint density at radius 3 is 2.72 bits per heavy atom. The zero-order valence-corrected chi connectivity index (χ0v) is 17.5. The molecule has 0 spiro atoms. The molecule has 1 aromatic heterocycles. The highest BCUT2D eigenvalue weighted by molar-refractivity contribution is 7.66. The first-order chi connectivity index (χ1) is 14.3. The Labute approximate surface area is 176 Å². The maximum atomic E-state index is 11.6. The number of hydrogen-bond acceptors (Lipinski definition) is 2. The number of nitrogens with one attached hydrogen (secondary N) is 2. The standard InChI is InChI=1S/C25H28N2OS/c28-29-23(17-21-18-27-25-13-7-6-12-24(21)25)11-5-4-10-22-16-20(14-15-26-22)19-8-2-1-3-9-19/h1-3,6-9,12-14,18,22,26-27H,4-5,10-11,15-17H2. The first-order valence-corrected chi connectivity index (χ1v) is 11.2. The van der Waals surface area contributed by atoms with E-state index in [0.29, 0.717) is 17.3 Å². The maximum absolute atomic E-state index is 11.6. The predicted octanol–water partition coefficient (Wildman–Crippen LogP) is 5.10. The van der Waals surface area contributed by atoms with E-state index >= 15 is 0 Å². The lowest BCUT2D eigenvalue weighted by molar-refractivity contribution is 0.479. The molecular formula is C25H28N2OS. The summed E-state index contributed by atoms with van der Waals surface area (Å²) in [6, 6.07) is 19.5. The Bertz CT molecular complexity index is 1030. The smallest absolute Gasteiger partial charge is 0.0879 e. The van der Waals surface area contributed by atoms with E-state index in [0.717, 1.165) is 55.5 Å². The topological polar surface area (TPSA) is 44.9 Å². The number of para-hydroxylation sites is 1. The van der Waals surface area contributed by atoms with Crippen molar-refractivity contribution in [2.45, 2.75) is 44.6 Å². The lowest BCUT2D eigenvalue weighted by atomic mass is 9.92. The van der Waals surface area contributed by atoms with Gasteiger partial charge in [-0.3, -0.25) is 0 Å².